The molecule has 3 aliphatic rings. The van der Waals surface area contributed by atoms with E-state index in [2.05, 4.69) is 26.6 Å². The number of carbonyl (C=O) groups is 2. The molecule has 2 amide bonds. The summed E-state index contributed by atoms with van der Waals surface area (Å²) >= 11 is 0. The third-order valence-electron chi connectivity index (χ3n) is 6.66. The fourth-order valence-electron chi connectivity index (χ4n) is 4.79. The lowest BCUT2D eigenvalue weighted by atomic mass is 9.85. The Balaban J connectivity index is 1.39. The molecule has 3 fully saturated rings. The molecule has 0 bridgehead atoms. The van der Waals surface area contributed by atoms with Gasteiger partial charge in [0.15, 0.2) is 0 Å². The first-order valence-electron chi connectivity index (χ1n) is 11.1. The molecule has 4 rings (SSSR count). The van der Waals surface area contributed by atoms with Gasteiger partial charge in [-0.3, -0.25) is 9.59 Å². The molecule has 0 aromatic carbocycles. The molecule has 1 spiro atoms. The second kappa shape index (κ2) is 9.20. The van der Waals surface area contributed by atoms with Crippen LogP contribution in [0.4, 0.5) is 5.82 Å². The number of nitrogens with zero attached hydrogens (tertiary/aromatic N) is 4. The van der Waals surface area contributed by atoms with Crippen LogP contribution in [0.25, 0.3) is 0 Å². The number of ether oxygens (including phenoxy) is 1. The van der Waals surface area contributed by atoms with Crippen molar-refractivity contribution in [3.8, 4) is 0 Å². The highest BCUT2D eigenvalue weighted by Gasteiger charge is 2.42. The summed E-state index contributed by atoms with van der Waals surface area (Å²) in [5.74, 6) is 1.12. The van der Waals surface area contributed by atoms with Gasteiger partial charge < -0.3 is 15.0 Å². The number of anilines is 1. The fraction of sp³-hybridized carbons (Fsp3) is 0.714. The van der Waals surface area contributed by atoms with E-state index in [0.29, 0.717) is 50.3 Å². The van der Waals surface area contributed by atoms with Crippen LogP contribution in [-0.2, 0) is 30.5 Å². The Morgan fingerprint density at radius 1 is 1.39 bits per heavy atom. The van der Waals surface area contributed by atoms with Gasteiger partial charge in [0.05, 0.1) is 15.3 Å². The summed E-state index contributed by atoms with van der Waals surface area (Å²) in [7, 11) is -2.61. The summed E-state index contributed by atoms with van der Waals surface area (Å²) in [6.07, 6.45) is 7.44. The van der Waals surface area contributed by atoms with Gasteiger partial charge in [0.1, 0.15) is 18.2 Å². The predicted molar refractivity (Wildman–Crippen MR) is 117 cm³/mol. The molecule has 3 aliphatic heterocycles. The topological polar surface area (TPSA) is 114 Å². The molecular weight excluding hydrogens is 418 g/mol. The number of nitrogens with one attached hydrogen (secondary N) is 1. The minimum Gasteiger partial charge on any atom is -0.375 e. The lowest BCUT2D eigenvalue weighted by molar-refractivity contribution is -0.128. The van der Waals surface area contributed by atoms with Crippen LogP contribution in [0.3, 0.4) is 0 Å². The van der Waals surface area contributed by atoms with E-state index in [0.717, 1.165) is 37.2 Å². The molecule has 0 radical (unpaired) electrons. The smallest absolute Gasteiger partial charge is 0.276 e. The van der Waals surface area contributed by atoms with Crippen LogP contribution in [0.1, 0.15) is 51.1 Å². The highest BCUT2D eigenvalue weighted by atomic mass is 32.2. The third-order valence-corrected chi connectivity index (χ3v) is 8.85. The van der Waals surface area contributed by atoms with Crippen molar-refractivity contribution in [2.24, 2.45) is 4.36 Å². The highest BCUT2D eigenvalue weighted by Crippen LogP contribution is 2.37. The van der Waals surface area contributed by atoms with E-state index in [1.54, 1.807) is 6.33 Å². The van der Waals surface area contributed by atoms with E-state index in [9.17, 15) is 13.8 Å². The largest absolute Gasteiger partial charge is 0.375 e. The molecule has 1 N–H and O–H groups in total. The van der Waals surface area contributed by atoms with E-state index in [1.165, 1.54) is 4.90 Å². The molecular formula is C21H31N5O4S. The zero-order valence-electron chi connectivity index (χ0n) is 18.0. The van der Waals surface area contributed by atoms with Gasteiger partial charge in [-0.15, -0.1) is 0 Å². The molecule has 0 saturated carbocycles. The number of likely N-dealkylation sites (tertiary alicyclic amines) is 1. The Morgan fingerprint density at radius 2 is 2.19 bits per heavy atom. The second-order valence-corrected chi connectivity index (χ2v) is 11.3. The zero-order chi connectivity index (χ0) is 21.9. The van der Waals surface area contributed by atoms with Crippen LogP contribution >= 0.6 is 0 Å². The Labute approximate surface area is 183 Å². The van der Waals surface area contributed by atoms with E-state index in [4.69, 9.17) is 4.74 Å². The summed E-state index contributed by atoms with van der Waals surface area (Å²) in [6.45, 7) is 3.26. The number of rotatable bonds is 5. The van der Waals surface area contributed by atoms with Gasteiger partial charge in [-0.1, -0.05) is 6.92 Å². The Bertz CT molecular complexity index is 931. The van der Waals surface area contributed by atoms with E-state index < -0.39 is 21.7 Å². The Morgan fingerprint density at radius 3 is 2.94 bits per heavy atom. The molecule has 9 nitrogen and oxygen atoms in total. The van der Waals surface area contributed by atoms with Crippen LogP contribution < -0.4 is 5.32 Å². The van der Waals surface area contributed by atoms with Gasteiger partial charge in [0.25, 0.3) is 5.91 Å². The quantitative estimate of drug-likeness (QED) is 0.682. The lowest BCUT2D eigenvalue weighted by Gasteiger charge is -2.44. The SMILES string of the molecule is CCc1cc(NC2CCOC3(CCS(=O)(=NC(=O)C4CCCN4C=O)CC3)C2)ncn1. The summed E-state index contributed by atoms with van der Waals surface area (Å²) in [5.41, 5.74) is 0.663. The van der Waals surface area contributed by atoms with Crippen molar-refractivity contribution >= 4 is 27.9 Å². The normalized spacial score (nSPS) is 33.3. The molecule has 1 aromatic rings. The maximum atomic E-state index is 13.3. The number of amides is 2. The first-order chi connectivity index (χ1) is 14.9. The average Bonchev–Trinajstić information content (AvgIpc) is 3.26. The molecule has 1 aromatic heterocycles. The van der Waals surface area contributed by atoms with E-state index >= 15 is 0 Å². The summed E-state index contributed by atoms with van der Waals surface area (Å²) < 4.78 is 23.6. The summed E-state index contributed by atoms with van der Waals surface area (Å²) in [6, 6.07) is 1.65. The highest BCUT2D eigenvalue weighted by molar-refractivity contribution is 7.93. The molecule has 31 heavy (non-hydrogen) atoms. The fourth-order valence-corrected chi connectivity index (χ4v) is 7.01. The monoisotopic (exact) mass is 449 g/mol. The van der Waals surface area contributed by atoms with Crippen molar-refractivity contribution in [3.05, 3.63) is 18.1 Å². The number of hydrogen-bond acceptors (Lipinski definition) is 7. The first kappa shape index (κ1) is 22.1. The zero-order valence-corrected chi connectivity index (χ0v) is 18.8. The van der Waals surface area contributed by atoms with Crippen molar-refractivity contribution in [3.63, 3.8) is 0 Å². The molecule has 4 heterocycles. The van der Waals surface area contributed by atoms with Crippen molar-refractivity contribution in [2.75, 3.05) is 30.0 Å². The van der Waals surface area contributed by atoms with Gasteiger partial charge in [0.2, 0.25) is 6.41 Å². The van der Waals surface area contributed by atoms with Gasteiger partial charge in [0, 0.05) is 42.5 Å². The van der Waals surface area contributed by atoms with Crippen LogP contribution in [-0.4, -0.2) is 73.7 Å². The number of aromatic nitrogens is 2. The number of hydrogen-bond donors (Lipinski definition) is 1. The van der Waals surface area contributed by atoms with Gasteiger partial charge in [-0.2, -0.15) is 4.36 Å². The molecule has 2 atom stereocenters. The van der Waals surface area contributed by atoms with E-state index in [-0.39, 0.29) is 11.6 Å². The Hall–Kier alpha value is -2.07. The maximum Gasteiger partial charge on any atom is 0.276 e. The second-order valence-electron chi connectivity index (χ2n) is 8.73. The van der Waals surface area contributed by atoms with Crippen LogP contribution in [0, 0.1) is 0 Å². The van der Waals surface area contributed by atoms with Crippen molar-refractivity contribution in [1.29, 1.82) is 0 Å². The average molecular weight is 450 g/mol. The minimum atomic E-state index is -2.61. The molecule has 170 valence electrons. The van der Waals surface area contributed by atoms with Crippen molar-refractivity contribution < 1.29 is 18.5 Å². The predicted octanol–water partition coefficient (Wildman–Crippen LogP) is 1.78. The van der Waals surface area contributed by atoms with Crippen molar-refractivity contribution in [1.82, 2.24) is 14.9 Å². The third kappa shape index (κ3) is 5.06. The minimum absolute atomic E-state index is 0.223. The van der Waals surface area contributed by atoms with Gasteiger partial charge in [-0.25, -0.2) is 14.2 Å². The first-order valence-corrected chi connectivity index (χ1v) is 13.0. The Kier molecular flexibility index (Phi) is 6.57. The number of carbonyl (C=O) groups excluding carboxylic acids is 2. The molecule has 2 unspecified atom stereocenters. The molecule has 10 heteroatoms. The molecule has 0 aliphatic carbocycles. The standard InChI is InChI=1S/C21H31N5O4S/c1-2-16-12-19(23-14-22-16)24-17-5-9-30-21(13-17)6-10-31(29,11-7-21)25-20(28)18-4-3-8-26(18)15-27/h12,14-15,17-18H,2-11,13H2,1H3,(H,22,23,24). The molecule has 3 saturated heterocycles. The lowest BCUT2D eigenvalue weighted by Crippen LogP contribution is -2.49. The van der Waals surface area contributed by atoms with Crippen molar-refractivity contribution in [2.45, 2.75) is 69.6 Å². The summed E-state index contributed by atoms with van der Waals surface area (Å²) in [4.78, 5) is 33.7. The van der Waals surface area contributed by atoms with Crippen LogP contribution in [0.2, 0.25) is 0 Å². The summed E-state index contributed by atoms with van der Waals surface area (Å²) in [5, 5.41) is 3.51. The van der Waals surface area contributed by atoms with Gasteiger partial charge >= 0.3 is 0 Å². The van der Waals surface area contributed by atoms with Gasteiger partial charge in [-0.05, 0) is 44.9 Å². The number of aryl methyl sites for hydroxylation is 1. The van der Waals surface area contributed by atoms with E-state index in [1.807, 2.05) is 6.07 Å². The maximum absolute atomic E-state index is 13.3. The van der Waals surface area contributed by atoms with Crippen LogP contribution in [0.15, 0.2) is 16.8 Å². The van der Waals surface area contributed by atoms with Crippen LogP contribution in [0.5, 0.6) is 0 Å².